The van der Waals surface area contributed by atoms with Crippen LogP contribution in [0.5, 0.6) is 0 Å². The van der Waals surface area contributed by atoms with Crippen molar-refractivity contribution in [2.75, 3.05) is 13.1 Å². The minimum atomic E-state index is -4.08. The number of hydrogen-bond acceptors (Lipinski definition) is 4. The second kappa shape index (κ2) is 8.06. The summed E-state index contributed by atoms with van der Waals surface area (Å²) in [7, 11) is -4.08. The predicted octanol–water partition coefficient (Wildman–Crippen LogP) is 0.348. The van der Waals surface area contributed by atoms with E-state index in [2.05, 4.69) is 10.0 Å². The zero-order valence-electron chi connectivity index (χ0n) is 11.8. The van der Waals surface area contributed by atoms with Gasteiger partial charge in [-0.2, -0.15) is 4.72 Å². The summed E-state index contributed by atoms with van der Waals surface area (Å²) in [6.07, 6.45) is 1.49. The molecular weight excluding hydrogens is 297 g/mol. The topological polar surface area (TPSA) is 101 Å². The Hall–Kier alpha value is -1.51. The van der Waals surface area contributed by atoms with E-state index < -0.39 is 32.7 Å². The van der Waals surface area contributed by atoms with Crippen molar-refractivity contribution in [2.24, 2.45) is 5.73 Å². The maximum absolute atomic E-state index is 13.5. The number of unbranched alkanes of at least 4 members (excludes halogenated alkanes) is 1. The number of sulfonamides is 1. The van der Waals surface area contributed by atoms with Crippen LogP contribution in [0.1, 0.15) is 19.8 Å². The van der Waals surface area contributed by atoms with E-state index in [1.807, 2.05) is 0 Å². The molecule has 0 radical (unpaired) electrons. The van der Waals surface area contributed by atoms with Crippen molar-refractivity contribution in [2.45, 2.75) is 30.7 Å². The Morgan fingerprint density at radius 2 is 2.00 bits per heavy atom. The maximum Gasteiger partial charge on any atom is 0.244 e. The van der Waals surface area contributed by atoms with E-state index in [-0.39, 0.29) is 0 Å². The first kappa shape index (κ1) is 17.5. The molecule has 1 unspecified atom stereocenters. The molecule has 0 aliphatic heterocycles. The van der Waals surface area contributed by atoms with Crippen molar-refractivity contribution >= 4 is 15.9 Å². The highest BCUT2D eigenvalue weighted by molar-refractivity contribution is 7.89. The number of carbonyl (C=O) groups is 1. The third kappa shape index (κ3) is 5.41. The first-order chi connectivity index (χ1) is 9.88. The molecule has 0 saturated heterocycles. The molecule has 0 aliphatic rings. The first-order valence-corrected chi connectivity index (χ1v) is 8.11. The van der Waals surface area contributed by atoms with Crippen molar-refractivity contribution in [1.82, 2.24) is 10.0 Å². The lowest BCUT2D eigenvalue weighted by molar-refractivity contribution is -0.122. The predicted molar refractivity (Wildman–Crippen MR) is 77.5 cm³/mol. The van der Waals surface area contributed by atoms with E-state index in [9.17, 15) is 17.6 Å². The summed E-state index contributed by atoms with van der Waals surface area (Å²) in [5.74, 6) is -1.33. The second-order valence-electron chi connectivity index (χ2n) is 4.56. The third-order valence-corrected chi connectivity index (χ3v) is 4.36. The lowest BCUT2D eigenvalue weighted by Crippen LogP contribution is -2.45. The van der Waals surface area contributed by atoms with Crippen molar-refractivity contribution < 1.29 is 17.6 Å². The van der Waals surface area contributed by atoms with Crippen LogP contribution in [-0.4, -0.2) is 33.5 Å². The normalized spacial score (nSPS) is 12.9. The van der Waals surface area contributed by atoms with Gasteiger partial charge in [0, 0.05) is 6.54 Å². The molecule has 0 fully saturated rings. The highest BCUT2D eigenvalue weighted by Gasteiger charge is 2.24. The van der Waals surface area contributed by atoms with Gasteiger partial charge in [-0.25, -0.2) is 12.8 Å². The van der Waals surface area contributed by atoms with Gasteiger partial charge in [-0.1, -0.05) is 12.1 Å². The Kier molecular flexibility index (Phi) is 6.73. The lowest BCUT2D eigenvalue weighted by atomic mass is 10.3. The van der Waals surface area contributed by atoms with Crippen LogP contribution in [0.25, 0.3) is 0 Å². The zero-order valence-corrected chi connectivity index (χ0v) is 12.6. The van der Waals surface area contributed by atoms with Crippen molar-refractivity contribution in [3.8, 4) is 0 Å². The number of hydrogen-bond donors (Lipinski definition) is 3. The van der Waals surface area contributed by atoms with E-state index in [1.54, 1.807) is 0 Å². The van der Waals surface area contributed by atoms with Crippen LogP contribution in [0.3, 0.4) is 0 Å². The molecule has 6 nitrogen and oxygen atoms in total. The molecule has 8 heteroatoms. The van der Waals surface area contributed by atoms with E-state index >= 15 is 0 Å². The van der Waals surface area contributed by atoms with Gasteiger partial charge in [0.15, 0.2) is 0 Å². The number of carbonyl (C=O) groups excluding carboxylic acids is 1. The van der Waals surface area contributed by atoms with Crippen molar-refractivity contribution in [3.63, 3.8) is 0 Å². The summed E-state index contributed by atoms with van der Waals surface area (Å²) in [6.45, 7) is 2.35. The highest BCUT2D eigenvalue weighted by Crippen LogP contribution is 2.13. The minimum absolute atomic E-state index is 0.418. The Balaban J connectivity index is 2.63. The van der Waals surface area contributed by atoms with Gasteiger partial charge in [0.1, 0.15) is 10.7 Å². The molecule has 1 atom stereocenters. The number of halogens is 1. The maximum atomic E-state index is 13.5. The lowest BCUT2D eigenvalue weighted by Gasteiger charge is -2.14. The van der Waals surface area contributed by atoms with Crippen LogP contribution in [0.15, 0.2) is 29.2 Å². The molecule has 0 heterocycles. The monoisotopic (exact) mass is 317 g/mol. The zero-order chi connectivity index (χ0) is 15.9. The molecule has 4 N–H and O–H groups in total. The van der Waals surface area contributed by atoms with Crippen molar-refractivity contribution in [3.05, 3.63) is 30.1 Å². The smallest absolute Gasteiger partial charge is 0.244 e. The third-order valence-electron chi connectivity index (χ3n) is 2.78. The average molecular weight is 317 g/mol. The number of nitrogens with two attached hydrogens (primary N) is 1. The van der Waals surface area contributed by atoms with Gasteiger partial charge < -0.3 is 11.1 Å². The standard InChI is InChI=1S/C13H20FN3O3S/c1-10(13(18)16-9-5-4-8-15)17-21(19,20)12-7-3-2-6-11(12)14/h2-3,6-7,10,17H,4-5,8-9,15H2,1H3,(H,16,18). The molecule has 0 aromatic heterocycles. The molecule has 0 saturated carbocycles. The Morgan fingerprint density at radius 1 is 1.33 bits per heavy atom. The molecular formula is C13H20FN3O3S. The summed E-state index contributed by atoms with van der Waals surface area (Å²) in [4.78, 5) is 11.3. The van der Waals surface area contributed by atoms with Gasteiger partial charge in [-0.3, -0.25) is 4.79 Å². The van der Waals surface area contributed by atoms with Crippen LogP contribution in [0.2, 0.25) is 0 Å². The molecule has 0 bridgehead atoms. The van der Waals surface area contributed by atoms with Gasteiger partial charge >= 0.3 is 0 Å². The van der Waals surface area contributed by atoms with Gasteiger partial charge in [0.05, 0.1) is 6.04 Å². The van der Waals surface area contributed by atoms with Gasteiger partial charge in [-0.05, 0) is 38.4 Å². The number of benzene rings is 1. The van der Waals surface area contributed by atoms with Crippen LogP contribution in [0.4, 0.5) is 4.39 Å². The minimum Gasteiger partial charge on any atom is -0.355 e. The molecule has 0 spiro atoms. The van der Waals surface area contributed by atoms with Crippen LogP contribution >= 0.6 is 0 Å². The van der Waals surface area contributed by atoms with E-state index in [0.29, 0.717) is 13.1 Å². The Labute approximate surface area is 124 Å². The quantitative estimate of drug-likeness (QED) is 0.602. The molecule has 1 amide bonds. The summed E-state index contributed by atoms with van der Waals surface area (Å²) in [6, 6.07) is 4.00. The molecule has 1 rings (SSSR count). The van der Waals surface area contributed by atoms with Crippen LogP contribution < -0.4 is 15.8 Å². The summed E-state index contributed by atoms with van der Waals surface area (Å²) in [5, 5.41) is 2.59. The number of rotatable bonds is 8. The Morgan fingerprint density at radius 3 is 2.62 bits per heavy atom. The van der Waals surface area contributed by atoms with Gasteiger partial charge in [-0.15, -0.1) is 0 Å². The van der Waals surface area contributed by atoms with Crippen LogP contribution in [-0.2, 0) is 14.8 Å². The van der Waals surface area contributed by atoms with Crippen LogP contribution in [0, 0.1) is 5.82 Å². The number of nitrogens with one attached hydrogen (secondary N) is 2. The molecule has 1 aromatic carbocycles. The summed E-state index contributed by atoms with van der Waals surface area (Å²) >= 11 is 0. The largest absolute Gasteiger partial charge is 0.355 e. The van der Waals surface area contributed by atoms with Crippen molar-refractivity contribution in [1.29, 1.82) is 0 Å². The fourth-order valence-corrected chi connectivity index (χ4v) is 2.93. The summed E-state index contributed by atoms with van der Waals surface area (Å²) < 4.78 is 39.6. The van der Waals surface area contributed by atoms with Gasteiger partial charge in [0.2, 0.25) is 15.9 Å². The molecule has 1 aromatic rings. The summed E-state index contributed by atoms with van der Waals surface area (Å²) in [5.41, 5.74) is 5.33. The average Bonchev–Trinajstić information content (AvgIpc) is 2.43. The van der Waals surface area contributed by atoms with E-state index in [1.165, 1.54) is 19.1 Å². The number of amides is 1. The fourth-order valence-electron chi connectivity index (χ4n) is 1.65. The highest BCUT2D eigenvalue weighted by atomic mass is 32.2. The van der Waals surface area contributed by atoms with E-state index in [0.717, 1.165) is 25.0 Å². The molecule has 0 aliphatic carbocycles. The molecule has 118 valence electrons. The fraction of sp³-hybridized carbons (Fsp3) is 0.462. The molecule has 21 heavy (non-hydrogen) atoms. The SMILES string of the molecule is CC(NS(=O)(=O)c1ccccc1F)C(=O)NCCCCN. The Bertz CT molecular complexity index is 578. The van der Waals surface area contributed by atoms with Gasteiger partial charge in [0.25, 0.3) is 0 Å². The van der Waals surface area contributed by atoms with E-state index in [4.69, 9.17) is 5.73 Å². The first-order valence-electron chi connectivity index (χ1n) is 6.63. The second-order valence-corrected chi connectivity index (χ2v) is 6.24.